The second-order valence-electron chi connectivity index (χ2n) is 6.71. The van der Waals surface area contributed by atoms with E-state index in [1.807, 2.05) is 45.0 Å². The Bertz CT molecular complexity index is 482. The van der Waals surface area contributed by atoms with Gasteiger partial charge in [0.25, 0.3) is 0 Å². The van der Waals surface area contributed by atoms with Crippen LogP contribution in [0.2, 0.25) is 0 Å². The van der Waals surface area contributed by atoms with Gasteiger partial charge in [-0.3, -0.25) is 0 Å². The average Bonchev–Trinajstić information content (AvgIpc) is 2.54. The second-order valence-corrected chi connectivity index (χ2v) is 6.71. The third kappa shape index (κ3) is 11.4. The molecule has 6 heteroatoms. The topological polar surface area (TPSA) is 77.0 Å². The molecule has 0 atom stereocenters. The van der Waals surface area contributed by atoms with Crippen LogP contribution in [-0.2, 0) is 15.9 Å². The first kappa shape index (κ1) is 21.3. The van der Waals surface area contributed by atoms with Gasteiger partial charge >= 0.3 is 6.09 Å². The molecule has 1 rings (SSSR count). The fourth-order valence-corrected chi connectivity index (χ4v) is 2.10. The number of hydrogen-bond donors (Lipinski definition) is 2. The highest BCUT2D eigenvalue weighted by molar-refractivity contribution is 5.67. The molecule has 0 aliphatic carbocycles. The van der Waals surface area contributed by atoms with E-state index in [2.05, 4.69) is 5.32 Å². The Labute approximate surface area is 150 Å². The quantitative estimate of drug-likeness (QED) is 0.598. The minimum Gasteiger partial charge on any atom is -0.491 e. The number of nitrogens with one attached hydrogen (secondary N) is 1. The molecule has 6 nitrogen and oxygen atoms in total. The summed E-state index contributed by atoms with van der Waals surface area (Å²) in [4.78, 5) is 11.5. The number of ether oxygens (including phenoxy) is 3. The lowest BCUT2D eigenvalue weighted by Gasteiger charge is -2.19. The van der Waals surface area contributed by atoms with E-state index in [0.29, 0.717) is 26.4 Å². The number of carbonyl (C=O) groups excluding carboxylic acids is 1. The van der Waals surface area contributed by atoms with Crippen LogP contribution in [-0.4, -0.2) is 49.8 Å². The van der Waals surface area contributed by atoms with E-state index in [9.17, 15) is 4.79 Å². The standard InChI is InChI=1S/C19H31NO5/c1-19(2,3)25-18(22)20-11-5-4-6-16-7-9-17(10-8-16)24-15-14-23-13-12-21/h7-10,21H,4-6,11-15H2,1-3H3,(H,20,22). The third-order valence-electron chi connectivity index (χ3n) is 3.22. The van der Waals surface area contributed by atoms with E-state index >= 15 is 0 Å². The molecule has 142 valence electrons. The Balaban J connectivity index is 2.12. The molecule has 1 amide bonds. The van der Waals surface area contributed by atoms with Gasteiger partial charge in [0, 0.05) is 6.54 Å². The van der Waals surface area contributed by atoms with E-state index in [1.54, 1.807) is 0 Å². The van der Waals surface area contributed by atoms with Crippen LogP contribution >= 0.6 is 0 Å². The van der Waals surface area contributed by atoms with Gasteiger partial charge in [0.05, 0.1) is 19.8 Å². The highest BCUT2D eigenvalue weighted by Gasteiger charge is 2.15. The first-order chi connectivity index (χ1) is 11.9. The minimum atomic E-state index is -0.459. The van der Waals surface area contributed by atoms with Gasteiger partial charge in [-0.1, -0.05) is 12.1 Å². The lowest BCUT2D eigenvalue weighted by Crippen LogP contribution is -2.33. The van der Waals surface area contributed by atoms with Crippen molar-refractivity contribution in [3.8, 4) is 5.75 Å². The smallest absolute Gasteiger partial charge is 0.407 e. The van der Waals surface area contributed by atoms with Crippen molar-refractivity contribution in [1.82, 2.24) is 5.32 Å². The van der Waals surface area contributed by atoms with Crippen LogP contribution in [0.25, 0.3) is 0 Å². The lowest BCUT2D eigenvalue weighted by molar-refractivity contribution is 0.0527. The van der Waals surface area contributed by atoms with Gasteiger partial charge in [-0.05, 0) is 57.7 Å². The van der Waals surface area contributed by atoms with E-state index in [4.69, 9.17) is 19.3 Å². The van der Waals surface area contributed by atoms with Crippen molar-refractivity contribution in [2.24, 2.45) is 0 Å². The monoisotopic (exact) mass is 353 g/mol. The highest BCUT2D eigenvalue weighted by atomic mass is 16.6. The molecule has 0 aliphatic rings. The number of aryl methyl sites for hydroxylation is 1. The zero-order valence-electron chi connectivity index (χ0n) is 15.5. The van der Waals surface area contributed by atoms with Crippen molar-refractivity contribution in [2.45, 2.75) is 45.6 Å². The number of unbranched alkanes of at least 4 members (excludes halogenated alkanes) is 1. The fourth-order valence-electron chi connectivity index (χ4n) is 2.10. The molecule has 1 aromatic rings. The normalized spacial score (nSPS) is 11.2. The Morgan fingerprint density at radius 1 is 1.08 bits per heavy atom. The van der Waals surface area contributed by atoms with E-state index in [-0.39, 0.29) is 12.7 Å². The van der Waals surface area contributed by atoms with Crippen LogP contribution < -0.4 is 10.1 Å². The summed E-state index contributed by atoms with van der Waals surface area (Å²) in [6.45, 7) is 7.46. The summed E-state index contributed by atoms with van der Waals surface area (Å²) in [6, 6.07) is 7.98. The van der Waals surface area contributed by atoms with Crippen LogP contribution in [0.15, 0.2) is 24.3 Å². The van der Waals surface area contributed by atoms with E-state index in [1.165, 1.54) is 5.56 Å². The molecule has 0 spiro atoms. The summed E-state index contributed by atoms with van der Waals surface area (Å²) in [5, 5.41) is 11.4. The van der Waals surface area contributed by atoms with Crippen molar-refractivity contribution >= 4 is 6.09 Å². The first-order valence-electron chi connectivity index (χ1n) is 8.78. The van der Waals surface area contributed by atoms with E-state index < -0.39 is 5.60 Å². The SMILES string of the molecule is CC(C)(C)OC(=O)NCCCCc1ccc(OCCOCCO)cc1. The second kappa shape index (κ2) is 11.7. The molecule has 1 aromatic carbocycles. The molecule has 0 aromatic heterocycles. The Morgan fingerprint density at radius 3 is 2.44 bits per heavy atom. The van der Waals surface area contributed by atoms with Gasteiger partial charge in [-0.25, -0.2) is 4.79 Å². The zero-order valence-corrected chi connectivity index (χ0v) is 15.5. The van der Waals surface area contributed by atoms with Crippen molar-refractivity contribution in [3.05, 3.63) is 29.8 Å². The van der Waals surface area contributed by atoms with Gasteiger partial charge in [0.2, 0.25) is 0 Å². The average molecular weight is 353 g/mol. The molecule has 0 saturated heterocycles. The summed E-state index contributed by atoms with van der Waals surface area (Å²) in [7, 11) is 0. The predicted octanol–water partition coefficient (Wildman–Crippen LogP) is 2.92. The van der Waals surface area contributed by atoms with Crippen LogP contribution in [0, 0.1) is 0 Å². The number of rotatable bonds is 11. The Morgan fingerprint density at radius 2 is 1.80 bits per heavy atom. The van der Waals surface area contributed by atoms with Gasteiger partial charge < -0.3 is 24.6 Å². The van der Waals surface area contributed by atoms with Crippen LogP contribution in [0.3, 0.4) is 0 Å². The summed E-state index contributed by atoms with van der Waals surface area (Å²) >= 11 is 0. The Hall–Kier alpha value is -1.79. The molecule has 0 bridgehead atoms. The predicted molar refractivity (Wildman–Crippen MR) is 97.0 cm³/mol. The number of alkyl carbamates (subject to hydrolysis) is 1. The molecular weight excluding hydrogens is 322 g/mol. The number of carbonyl (C=O) groups is 1. The fraction of sp³-hybridized carbons (Fsp3) is 0.632. The molecule has 0 radical (unpaired) electrons. The molecule has 0 aliphatic heterocycles. The maximum Gasteiger partial charge on any atom is 0.407 e. The summed E-state index contributed by atoms with van der Waals surface area (Å²) in [5.41, 5.74) is 0.778. The molecular formula is C19H31NO5. The van der Waals surface area contributed by atoms with Crippen molar-refractivity contribution in [1.29, 1.82) is 0 Å². The van der Waals surface area contributed by atoms with E-state index in [0.717, 1.165) is 25.0 Å². The van der Waals surface area contributed by atoms with Crippen molar-refractivity contribution in [2.75, 3.05) is 33.0 Å². The number of benzene rings is 1. The van der Waals surface area contributed by atoms with Crippen molar-refractivity contribution in [3.63, 3.8) is 0 Å². The number of aliphatic hydroxyl groups excluding tert-OH is 1. The molecule has 2 N–H and O–H groups in total. The van der Waals surface area contributed by atoms with Crippen molar-refractivity contribution < 1.29 is 24.1 Å². The maximum absolute atomic E-state index is 11.5. The summed E-state index contributed by atoms with van der Waals surface area (Å²) in [6.07, 6.45) is 2.48. The highest BCUT2D eigenvalue weighted by Crippen LogP contribution is 2.14. The molecule has 25 heavy (non-hydrogen) atoms. The largest absolute Gasteiger partial charge is 0.491 e. The number of amides is 1. The Kier molecular flexibility index (Phi) is 9.96. The van der Waals surface area contributed by atoms with Gasteiger partial charge in [-0.15, -0.1) is 0 Å². The number of aliphatic hydroxyl groups is 1. The number of hydrogen-bond acceptors (Lipinski definition) is 5. The molecule has 0 fully saturated rings. The van der Waals surface area contributed by atoms with Crippen LogP contribution in [0.4, 0.5) is 4.79 Å². The molecule has 0 unspecified atom stereocenters. The lowest BCUT2D eigenvalue weighted by atomic mass is 10.1. The zero-order chi connectivity index (χ0) is 18.5. The van der Waals surface area contributed by atoms with Gasteiger partial charge in [-0.2, -0.15) is 0 Å². The molecule has 0 heterocycles. The molecule has 0 saturated carbocycles. The first-order valence-corrected chi connectivity index (χ1v) is 8.78. The summed E-state index contributed by atoms with van der Waals surface area (Å²) < 4.78 is 15.9. The van der Waals surface area contributed by atoms with Gasteiger partial charge in [0.1, 0.15) is 18.0 Å². The van der Waals surface area contributed by atoms with Gasteiger partial charge in [0.15, 0.2) is 0 Å². The minimum absolute atomic E-state index is 0.0298. The summed E-state index contributed by atoms with van der Waals surface area (Å²) in [5.74, 6) is 0.808. The maximum atomic E-state index is 11.5. The van der Waals surface area contributed by atoms with Crippen LogP contribution in [0.1, 0.15) is 39.2 Å². The van der Waals surface area contributed by atoms with Crippen LogP contribution in [0.5, 0.6) is 5.75 Å². The third-order valence-corrected chi connectivity index (χ3v) is 3.22.